The largest absolute Gasteiger partial charge is 0.481 e. The highest BCUT2D eigenvalue weighted by Gasteiger charge is 2.45. The first-order valence-corrected chi connectivity index (χ1v) is 3.35. The third-order valence-electron chi connectivity index (χ3n) is 1.78. The van der Waals surface area contributed by atoms with Crippen LogP contribution in [0.3, 0.4) is 0 Å². The lowest BCUT2D eigenvalue weighted by Crippen LogP contribution is -2.49. The number of hydrogen-bond donors (Lipinski definition) is 2. The molecule has 0 bridgehead atoms. The first-order chi connectivity index (χ1) is 5.04. The highest BCUT2D eigenvalue weighted by Crippen LogP contribution is 2.29. The number of piperidine rings is 1. The molecule has 1 unspecified atom stereocenters. The van der Waals surface area contributed by atoms with Crippen LogP contribution in [0.1, 0.15) is 6.42 Å². The molecule has 0 saturated carbocycles. The number of carboxylic acids is 1. The Morgan fingerprint density at radius 2 is 2.17 bits per heavy atom. The van der Waals surface area contributed by atoms with Crippen molar-refractivity contribution in [2.75, 3.05) is 13.1 Å². The summed E-state index contributed by atoms with van der Waals surface area (Å²) in [4.78, 5) is 10.3. The number of rotatable bonds is 1. The zero-order valence-corrected chi connectivity index (χ0v) is 7.03. The van der Waals surface area contributed by atoms with Crippen molar-refractivity contribution in [1.82, 2.24) is 5.32 Å². The van der Waals surface area contributed by atoms with Crippen molar-refractivity contribution in [3.63, 3.8) is 0 Å². The minimum atomic E-state index is -3.09. The number of hydrogen-bond acceptors (Lipinski definition) is 2. The van der Waals surface area contributed by atoms with E-state index in [4.69, 9.17) is 5.11 Å². The van der Waals surface area contributed by atoms with Crippen LogP contribution in [0.25, 0.3) is 0 Å². The van der Waals surface area contributed by atoms with E-state index in [1.165, 1.54) is 0 Å². The number of carbonyl (C=O) groups is 1. The zero-order chi connectivity index (χ0) is 8.48. The van der Waals surface area contributed by atoms with E-state index >= 15 is 0 Å². The fraction of sp³-hybridized carbons (Fsp3) is 0.833. The normalized spacial score (nSPS) is 27.3. The van der Waals surface area contributed by atoms with E-state index in [0.717, 1.165) is 0 Å². The number of carboxylic acid groups (broad SMARTS) is 1. The molecule has 6 heteroatoms. The second kappa shape index (κ2) is 4.00. The molecule has 0 aliphatic carbocycles. The van der Waals surface area contributed by atoms with Crippen LogP contribution in [0.15, 0.2) is 0 Å². The van der Waals surface area contributed by atoms with Crippen LogP contribution in [-0.2, 0) is 4.79 Å². The van der Waals surface area contributed by atoms with Crippen LogP contribution < -0.4 is 5.32 Å². The quantitative estimate of drug-likeness (QED) is 0.658. The summed E-state index contributed by atoms with van der Waals surface area (Å²) >= 11 is 0. The third kappa shape index (κ3) is 2.28. The molecule has 0 spiro atoms. The van der Waals surface area contributed by atoms with Gasteiger partial charge in [-0.25, -0.2) is 8.78 Å². The molecule has 1 aliphatic rings. The highest BCUT2D eigenvalue weighted by molar-refractivity contribution is 5.85. The summed E-state index contributed by atoms with van der Waals surface area (Å²) in [5.74, 6) is -6.01. The summed E-state index contributed by atoms with van der Waals surface area (Å²) in [6, 6.07) is 0. The van der Waals surface area contributed by atoms with Gasteiger partial charge in [-0.15, -0.1) is 12.4 Å². The average Bonchev–Trinajstić information content (AvgIpc) is 1.85. The maximum absolute atomic E-state index is 12.7. The molecule has 1 aliphatic heterocycles. The minimum absolute atomic E-state index is 0. The van der Waals surface area contributed by atoms with Crippen LogP contribution in [0.4, 0.5) is 8.78 Å². The Hall–Kier alpha value is -0.420. The van der Waals surface area contributed by atoms with Crippen LogP contribution in [-0.4, -0.2) is 30.1 Å². The molecule has 1 saturated heterocycles. The first-order valence-electron chi connectivity index (χ1n) is 3.35. The summed E-state index contributed by atoms with van der Waals surface area (Å²) in [5.41, 5.74) is 0. The number of aliphatic carboxylic acids is 1. The molecule has 0 aromatic carbocycles. The van der Waals surface area contributed by atoms with Crippen LogP contribution in [0.2, 0.25) is 0 Å². The van der Waals surface area contributed by atoms with Crippen molar-refractivity contribution >= 4 is 18.4 Å². The Bertz CT molecular complexity index is 177. The van der Waals surface area contributed by atoms with Crippen molar-refractivity contribution in [3.8, 4) is 0 Å². The molecule has 1 rings (SSSR count). The number of halogens is 3. The zero-order valence-electron chi connectivity index (χ0n) is 6.22. The van der Waals surface area contributed by atoms with Crippen LogP contribution in [0, 0.1) is 5.92 Å². The molecule has 0 aromatic heterocycles. The molecule has 0 amide bonds. The fourth-order valence-electron chi connectivity index (χ4n) is 1.14. The standard InChI is InChI=1S/C6H9F2NO2.ClH/c7-6(8)3-9-2-1-4(6)5(10)11;/h4,9H,1-3H2,(H,10,11);1H. The molecule has 1 heterocycles. The van der Waals surface area contributed by atoms with Gasteiger partial charge in [0.2, 0.25) is 0 Å². The molecule has 72 valence electrons. The van der Waals surface area contributed by atoms with Crippen molar-refractivity contribution in [2.24, 2.45) is 5.92 Å². The van der Waals surface area contributed by atoms with Crippen LogP contribution >= 0.6 is 12.4 Å². The molecular weight excluding hydrogens is 192 g/mol. The Morgan fingerprint density at radius 3 is 2.50 bits per heavy atom. The van der Waals surface area contributed by atoms with Gasteiger partial charge >= 0.3 is 5.97 Å². The third-order valence-corrected chi connectivity index (χ3v) is 1.78. The lowest BCUT2D eigenvalue weighted by atomic mass is 9.94. The predicted octanol–water partition coefficient (Wildman–Crippen LogP) is 0.738. The molecule has 0 radical (unpaired) electrons. The Kier molecular flexibility index (Phi) is 3.86. The van der Waals surface area contributed by atoms with Crippen molar-refractivity contribution in [2.45, 2.75) is 12.3 Å². The summed E-state index contributed by atoms with van der Waals surface area (Å²) in [5, 5.41) is 10.8. The van der Waals surface area contributed by atoms with Gasteiger partial charge in [-0.3, -0.25) is 4.79 Å². The smallest absolute Gasteiger partial charge is 0.312 e. The Labute approximate surface area is 74.5 Å². The van der Waals surface area contributed by atoms with Crippen LogP contribution in [0.5, 0.6) is 0 Å². The van der Waals surface area contributed by atoms with Gasteiger partial charge in [0.05, 0.1) is 6.54 Å². The van der Waals surface area contributed by atoms with Gasteiger partial charge in [-0.2, -0.15) is 0 Å². The van der Waals surface area contributed by atoms with Gasteiger partial charge in [-0.1, -0.05) is 0 Å². The highest BCUT2D eigenvalue weighted by atomic mass is 35.5. The SMILES string of the molecule is Cl.O=C(O)C1CCNCC1(F)F. The van der Waals surface area contributed by atoms with Gasteiger partial charge < -0.3 is 10.4 Å². The van der Waals surface area contributed by atoms with E-state index in [1.807, 2.05) is 0 Å². The monoisotopic (exact) mass is 201 g/mol. The lowest BCUT2D eigenvalue weighted by Gasteiger charge is -2.28. The minimum Gasteiger partial charge on any atom is -0.481 e. The van der Waals surface area contributed by atoms with Gasteiger partial charge in [0, 0.05) is 0 Å². The van der Waals surface area contributed by atoms with E-state index in [-0.39, 0.29) is 18.8 Å². The van der Waals surface area contributed by atoms with E-state index in [0.29, 0.717) is 6.54 Å². The summed E-state index contributed by atoms with van der Waals surface area (Å²) in [6.07, 6.45) is 0.00231. The fourth-order valence-corrected chi connectivity index (χ4v) is 1.14. The maximum atomic E-state index is 12.7. The topological polar surface area (TPSA) is 49.3 Å². The molecule has 12 heavy (non-hydrogen) atoms. The number of alkyl halides is 2. The molecule has 3 nitrogen and oxygen atoms in total. The summed E-state index contributed by atoms with van der Waals surface area (Å²) < 4.78 is 25.4. The van der Waals surface area contributed by atoms with Gasteiger partial charge in [0.15, 0.2) is 0 Å². The van der Waals surface area contributed by atoms with Gasteiger partial charge in [-0.05, 0) is 13.0 Å². The molecule has 1 atom stereocenters. The molecular formula is C6H10ClF2NO2. The average molecular weight is 202 g/mol. The van der Waals surface area contributed by atoms with E-state index in [9.17, 15) is 13.6 Å². The predicted molar refractivity (Wildman–Crippen MR) is 40.8 cm³/mol. The number of nitrogens with one attached hydrogen (secondary N) is 1. The van der Waals surface area contributed by atoms with Crippen molar-refractivity contribution < 1.29 is 18.7 Å². The molecule has 2 N–H and O–H groups in total. The van der Waals surface area contributed by atoms with Crippen molar-refractivity contribution in [1.29, 1.82) is 0 Å². The second-order valence-corrected chi connectivity index (χ2v) is 2.62. The molecule has 0 aromatic rings. The van der Waals surface area contributed by atoms with Crippen molar-refractivity contribution in [3.05, 3.63) is 0 Å². The Balaban J connectivity index is 0.00000121. The summed E-state index contributed by atoms with van der Waals surface area (Å²) in [6.45, 7) is -0.170. The van der Waals surface area contributed by atoms with E-state index in [1.54, 1.807) is 0 Å². The maximum Gasteiger partial charge on any atom is 0.312 e. The van der Waals surface area contributed by atoms with E-state index < -0.39 is 24.4 Å². The van der Waals surface area contributed by atoms with E-state index in [2.05, 4.69) is 5.32 Å². The Morgan fingerprint density at radius 1 is 1.58 bits per heavy atom. The summed E-state index contributed by atoms with van der Waals surface area (Å²) in [7, 11) is 0. The second-order valence-electron chi connectivity index (χ2n) is 2.62. The molecule has 1 fully saturated rings. The van der Waals surface area contributed by atoms with Gasteiger partial charge in [0.25, 0.3) is 5.92 Å². The lowest BCUT2D eigenvalue weighted by molar-refractivity contribution is -0.159. The first kappa shape index (κ1) is 11.6. The van der Waals surface area contributed by atoms with Gasteiger partial charge in [0.1, 0.15) is 5.92 Å².